The van der Waals surface area contributed by atoms with Gasteiger partial charge in [0.05, 0.1) is 10.5 Å². The molecule has 0 amide bonds. The van der Waals surface area contributed by atoms with Gasteiger partial charge in [-0.15, -0.1) is 0 Å². The van der Waals surface area contributed by atoms with Crippen molar-refractivity contribution in [1.82, 2.24) is 4.98 Å². The van der Waals surface area contributed by atoms with E-state index in [0.29, 0.717) is 16.8 Å². The minimum absolute atomic E-state index is 0.115. The van der Waals surface area contributed by atoms with Crippen LogP contribution in [0.15, 0.2) is 54.7 Å². The molecule has 0 aliphatic rings. The summed E-state index contributed by atoms with van der Waals surface area (Å²) < 4.78 is 5.36. The van der Waals surface area contributed by atoms with Crippen LogP contribution in [0.1, 0.15) is 15.9 Å². The number of carbonyl (C=O) groups excluding carboxylic acids is 1. The van der Waals surface area contributed by atoms with Gasteiger partial charge in [-0.3, -0.25) is 15.1 Å². The Morgan fingerprint density at radius 2 is 1.96 bits per heavy atom. The molecular formula is C17H12N2O4. The Morgan fingerprint density at radius 1 is 1.17 bits per heavy atom. The fourth-order valence-electron chi connectivity index (χ4n) is 2.25. The Balaban J connectivity index is 1.95. The largest absolute Gasteiger partial charge is 0.421 e. The number of aromatic nitrogens is 1. The minimum Gasteiger partial charge on any atom is -0.421 e. The highest BCUT2D eigenvalue weighted by Crippen LogP contribution is 2.25. The van der Waals surface area contributed by atoms with E-state index in [2.05, 4.69) is 4.98 Å². The van der Waals surface area contributed by atoms with Gasteiger partial charge in [-0.1, -0.05) is 24.3 Å². The quantitative estimate of drug-likeness (QED) is 0.319. The van der Waals surface area contributed by atoms with Crippen LogP contribution in [-0.4, -0.2) is 15.9 Å². The summed E-state index contributed by atoms with van der Waals surface area (Å²) in [5, 5.41) is 11.8. The summed E-state index contributed by atoms with van der Waals surface area (Å²) in [5.74, 6) is -0.345. The molecule has 1 aromatic heterocycles. The predicted octanol–water partition coefficient (Wildman–Crippen LogP) is 3.67. The van der Waals surface area contributed by atoms with Crippen molar-refractivity contribution in [2.45, 2.75) is 6.92 Å². The lowest BCUT2D eigenvalue weighted by Crippen LogP contribution is -2.09. The summed E-state index contributed by atoms with van der Waals surface area (Å²) in [6.07, 6.45) is 1.61. The average Bonchev–Trinajstić information content (AvgIpc) is 2.55. The number of carbonyl (C=O) groups is 1. The number of benzene rings is 2. The second-order valence-electron chi connectivity index (χ2n) is 4.98. The molecule has 3 aromatic rings. The zero-order valence-electron chi connectivity index (χ0n) is 12.2. The van der Waals surface area contributed by atoms with Crippen LogP contribution >= 0.6 is 0 Å². The number of aryl methyl sites for hydroxylation is 1. The number of para-hydroxylation sites is 1. The molecule has 6 nitrogen and oxygen atoms in total. The maximum absolute atomic E-state index is 12.3. The average molecular weight is 308 g/mol. The highest BCUT2D eigenvalue weighted by atomic mass is 16.6. The zero-order valence-corrected chi connectivity index (χ0v) is 12.2. The first-order valence-electron chi connectivity index (χ1n) is 6.87. The first-order chi connectivity index (χ1) is 11.1. The molecule has 0 aliphatic heterocycles. The minimum atomic E-state index is -0.661. The van der Waals surface area contributed by atoms with Crippen LogP contribution in [0.5, 0.6) is 5.75 Å². The summed E-state index contributed by atoms with van der Waals surface area (Å²) in [6, 6.07) is 13.1. The number of rotatable bonds is 3. The number of ether oxygens (including phenoxy) is 1. The van der Waals surface area contributed by atoms with E-state index in [-0.39, 0.29) is 11.3 Å². The molecule has 0 bridgehead atoms. The van der Waals surface area contributed by atoms with E-state index in [1.807, 2.05) is 12.1 Å². The number of esters is 1. The van der Waals surface area contributed by atoms with Crippen molar-refractivity contribution in [3.63, 3.8) is 0 Å². The smallest absolute Gasteiger partial charge is 0.343 e. The third-order valence-electron chi connectivity index (χ3n) is 3.44. The maximum atomic E-state index is 12.3. The molecule has 0 saturated heterocycles. The lowest BCUT2D eigenvalue weighted by atomic mass is 10.1. The number of nitro benzene ring substituents is 1. The van der Waals surface area contributed by atoms with E-state index in [9.17, 15) is 14.9 Å². The summed E-state index contributed by atoms with van der Waals surface area (Å²) in [6.45, 7) is 1.61. The fraction of sp³-hybridized carbons (Fsp3) is 0.0588. The van der Waals surface area contributed by atoms with Gasteiger partial charge >= 0.3 is 5.97 Å². The van der Waals surface area contributed by atoms with E-state index in [1.54, 1.807) is 31.3 Å². The van der Waals surface area contributed by atoms with Gasteiger partial charge in [0.25, 0.3) is 5.69 Å². The molecule has 0 aliphatic carbocycles. The summed E-state index contributed by atoms with van der Waals surface area (Å²) in [7, 11) is 0. The van der Waals surface area contributed by atoms with Crippen LogP contribution in [0.3, 0.4) is 0 Å². The molecular weight excluding hydrogens is 296 g/mol. The zero-order chi connectivity index (χ0) is 16.4. The van der Waals surface area contributed by atoms with Gasteiger partial charge in [0, 0.05) is 23.2 Å². The van der Waals surface area contributed by atoms with Gasteiger partial charge in [-0.25, -0.2) is 4.79 Å². The van der Waals surface area contributed by atoms with Gasteiger partial charge in [0.2, 0.25) is 0 Å². The number of pyridine rings is 1. The van der Waals surface area contributed by atoms with Crippen molar-refractivity contribution in [3.8, 4) is 5.75 Å². The van der Waals surface area contributed by atoms with E-state index < -0.39 is 10.9 Å². The van der Waals surface area contributed by atoms with E-state index in [1.165, 1.54) is 18.2 Å². The molecule has 23 heavy (non-hydrogen) atoms. The van der Waals surface area contributed by atoms with Crippen molar-refractivity contribution in [2.75, 3.05) is 0 Å². The summed E-state index contributed by atoms with van der Waals surface area (Å²) in [5.41, 5.74) is 1.05. The summed E-state index contributed by atoms with van der Waals surface area (Å²) in [4.78, 5) is 26.9. The van der Waals surface area contributed by atoms with Gasteiger partial charge < -0.3 is 4.74 Å². The van der Waals surface area contributed by atoms with Crippen LogP contribution in [0, 0.1) is 17.0 Å². The van der Waals surface area contributed by atoms with Gasteiger partial charge in [0.1, 0.15) is 5.52 Å². The van der Waals surface area contributed by atoms with Crippen molar-refractivity contribution < 1.29 is 14.5 Å². The lowest BCUT2D eigenvalue weighted by Gasteiger charge is -2.07. The van der Waals surface area contributed by atoms with Crippen molar-refractivity contribution in [1.29, 1.82) is 0 Å². The Bertz CT molecular complexity index is 916. The molecule has 0 fully saturated rings. The van der Waals surface area contributed by atoms with Crippen LogP contribution in [-0.2, 0) is 0 Å². The Kier molecular flexibility index (Phi) is 3.72. The SMILES string of the molecule is Cc1ccc(C(=O)Oc2cccc3cccnc23)cc1[N+](=O)[O-]. The molecule has 6 heteroatoms. The topological polar surface area (TPSA) is 82.3 Å². The van der Waals surface area contributed by atoms with Crippen LogP contribution in [0.2, 0.25) is 0 Å². The number of hydrogen-bond donors (Lipinski definition) is 0. The molecule has 114 valence electrons. The lowest BCUT2D eigenvalue weighted by molar-refractivity contribution is -0.385. The van der Waals surface area contributed by atoms with Crippen LogP contribution in [0.25, 0.3) is 10.9 Å². The van der Waals surface area contributed by atoms with Crippen LogP contribution < -0.4 is 4.74 Å². The van der Waals surface area contributed by atoms with E-state index >= 15 is 0 Å². The standard InChI is InChI=1S/C17H12N2O4/c1-11-7-8-13(10-14(11)19(21)22)17(20)23-15-6-2-4-12-5-3-9-18-16(12)15/h2-10H,1H3. The Labute approximate surface area is 131 Å². The highest BCUT2D eigenvalue weighted by molar-refractivity contribution is 5.94. The molecule has 0 saturated carbocycles. The molecule has 0 spiro atoms. The normalized spacial score (nSPS) is 10.5. The van der Waals surface area contributed by atoms with Crippen molar-refractivity contribution >= 4 is 22.6 Å². The number of hydrogen-bond acceptors (Lipinski definition) is 5. The van der Waals surface area contributed by atoms with E-state index in [4.69, 9.17) is 4.74 Å². The Morgan fingerprint density at radius 3 is 2.74 bits per heavy atom. The van der Waals surface area contributed by atoms with Crippen molar-refractivity contribution in [2.24, 2.45) is 0 Å². The second-order valence-corrected chi connectivity index (χ2v) is 4.98. The number of fused-ring (bicyclic) bond motifs is 1. The molecule has 1 heterocycles. The van der Waals surface area contributed by atoms with Gasteiger partial charge in [0.15, 0.2) is 5.75 Å². The molecule has 3 rings (SSSR count). The number of nitrogens with zero attached hydrogens (tertiary/aromatic N) is 2. The molecule has 0 N–H and O–H groups in total. The third-order valence-corrected chi connectivity index (χ3v) is 3.44. The first kappa shape index (κ1) is 14.6. The highest BCUT2D eigenvalue weighted by Gasteiger charge is 2.17. The molecule has 0 atom stereocenters. The third kappa shape index (κ3) is 2.87. The monoisotopic (exact) mass is 308 g/mol. The van der Waals surface area contributed by atoms with Gasteiger partial charge in [-0.2, -0.15) is 0 Å². The fourth-order valence-corrected chi connectivity index (χ4v) is 2.25. The predicted molar refractivity (Wildman–Crippen MR) is 84.5 cm³/mol. The van der Waals surface area contributed by atoms with Crippen LogP contribution in [0.4, 0.5) is 5.69 Å². The first-order valence-corrected chi connectivity index (χ1v) is 6.87. The number of nitro groups is 1. The second kappa shape index (κ2) is 5.84. The molecule has 2 aromatic carbocycles. The maximum Gasteiger partial charge on any atom is 0.343 e. The van der Waals surface area contributed by atoms with Crippen molar-refractivity contribution in [3.05, 3.63) is 76.0 Å². The van der Waals surface area contributed by atoms with E-state index in [0.717, 1.165) is 5.39 Å². The summed E-state index contributed by atoms with van der Waals surface area (Å²) >= 11 is 0. The molecule has 0 unspecified atom stereocenters. The van der Waals surface area contributed by atoms with Gasteiger partial charge in [-0.05, 0) is 25.1 Å². The molecule has 0 radical (unpaired) electrons. The Hall–Kier alpha value is -3.28.